The van der Waals surface area contributed by atoms with Crippen molar-refractivity contribution in [2.75, 3.05) is 7.11 Å². The van der Waals surface area contributed by atoms with E-state index in [0.29, 0.717) is 0 Å². The van der Waals surface area contributed by atoms with E-state index in [-0.39, 0.29) is 4.92 Å². The maximum Gasteiger partial charge on any atom is 0.323 e. The molecule has 0 saturated carbocycles. The molecule has 0 unspecified atom stereocenters. The number of aryl methyl sites for hydroxylation is 1. The van der Waals surface area contributed by atoms with Crippen LogP contribution in [0, 0.1) is 17.0 Å². The Morgan fingerprint density at radius 2 is 1.76 bits per heavy atom. The molecule has 0 amide bonds. The Labute approximate surface area is 146 Å². The molecule has 1 aliphatic heterocycles. The first kappa shape index (κ1) is 17.1. The highest BCUT2D eigenvalue weighted by atomic mass is 16.6. The smallest absolute Gasteiger partial charge is 0.323 e. The Kier molecular flexibility index (Phi) is 4.81. The quantitative estimate of drug-likeness (QED) is 0.526. The number of carbonyl (C=O) groups excluding carboxylic acids is 1. The van der Waals surface area contributed by atoms with Crippen LogP contribution < -0.4 is 5.32 Å². The third-order valence-corrected chi connectivity index (χ3v) is 4.83. The Morgan fingerprint density at radius 3 is 2.36 bits per heavy atom. The molecule has 6 heteroatoms. The van der Waals surface area contributed by atoms with E-state index in [1.54, 1.807) is 0 Å². The molecular formula is C19H20N2O4. The molecule has 1 aliphatic rings. The highest BCUT2D eigenvalue weighted by molar-refractivity contribution is 5.78. The van der Waals surface area contributed by atoms with E-state index < -0.39 is 30.0 Å². The number of hydrogen-bond donors (Lipinski definition) is 1. The molecule has 25 heavy (non-hydrogen) atoms. The number of nitrogens with one attached hydrogen (secondary N) is 1. The second-order valence-electron chi connectivity index (χ2n) is 6.21. The second kappa shape index (κ2) is 7.03. The van der Waals surface area contributed by atoms with Gasteiger partial charge in [-0.05, 0) is 23.6 Å². The van der Waals surface area contributed by atoms with E-state index in [2.05, 4.69) is 5.32 Å². The number of methoxy groups -OCH3 is 1. The molecule has 0 spiro atoms. The van der Waals surface area contributed by atoms with Gasteiger partial charge in [-0.3, -0.25) is 20.2 Å². The maximum atomic E-state index is 12.3. The van der Waals surface area contributed by atoms with Crippen molar-refractivity contribution >= 4 is 5.97 Å². The summed E-state index contributed by atoms with van der Waals surface area (Å²) in [6, 6.07) is 14.4. The number of ether oxygens (including phenoxy) is 1. The molecular weight excluding hydrogens is 320 g/mol. The summed E-state index contributed by atoms with van der Waals surface area (Å²) >= 11 is 0. The molecule has 1 N–H and O–H groups in total. The van der Waals surface area contributed by atoms with Crippen LogP contribution in [0.3, 0.4) is 0 Å². The first-order chi connectivity index (χ1) is 12.0. The van der Waals surface area contributed by atoms with Crippen molar-refractivity contribution in [2.24, 2.45) is 0 Å². The molecule has 0 bridgehead atoms. The molecule has 4 atom stereocenters. The fourth-order valence-electron chi connectivity index (χ4n) is 3.67. The number of nitrogens with zero attached hydrogens (tertiary/aromatic N) is 1. The van der Waals surface area contributed by atoms with E-state index >= 15 is 0 Å². The largest absolute Gasteiger partial charge is 0.468 e. The van der Waals surface area contributed by atoms with Crippen molar-refractivity contribution in [3.05, 3.63) is 81.4 Å². The lowest BCUT2D eigenvalue weighted by Crippen LogP contribution is -2.37. The summed E-state index contributed by atoms with van der Waals surface area (Å²) in [4.78, 5) is 24.0. The third kappa shape index (κ3) is 3.13. The van der Waals surface area contributed by atoms with Gasteiger partial charge < -0.3 is 4.74 Å². The summed E-state index contributed by atoms with van der Waals surface area (Å²) in [7, 11) is 1.30. The summed E-state index contributed by atoms with van der Waals surface area (Å²) in [5.74, 6) is -1.09. The predicted octanol–water partition coefficient (Wildman–Crippen LogP) is 2.61. The molecule has 2 aromatic carbocycles. The molecule has 1 heterocycles. The van der Waals surface area contributed by atoms with Crippen LogP contribution in [0.4, 0.5) is 0 Å². The Morgan fingerprint density at radius 1 is 1.12 bits per heavy atom. The molecule has 3 rings (SSSR count). The average molecular weight is 340 g/mol. The molecule has 0 radical (unpaired) electrons. The van der Waals surface area contributed by atoms with E-state index in [1.165, 1.54) is 7.11 Å². The number of carbonyl (C=O) groups is 1. The third-order valence-electron chi connectivity index (χ3n) is 4.83. The topological polar surface area (TPSA) is 81.5 Å². The highest BCUT2D eigenvalue weighted by Gasteiger charge is 2.55. The van der Waals surface area contributed by atoms with Crippen LogP contribution in [0.25, 0.3) is 0 Å². The normalized spacial score (nSPS) is 25.5. The van der Waals surface area contributed by atoms with Crippen molar-refractivity contribution in [3.63, 3.8) is 0 Å². The molecule has 1 saturated heterocycles. The van der Waals surface area contributed by atoms with E-state index in [4.69, 9.17) is 4.74 Å². The van der Waals surface area contributed by atoms with Gasteiger partial charge in [-0.1, -0.05) is 54.6 Å². The van der Waals surface area contributed by atoms with Gasteiger partial charge in [0, 0.05) is 4.92 Å². The minimum atomic E-state index is -0.965. The Balaban J connectivity index is 2.12. The average Bonchev–Trinajstić information content (AvgIpc) is 3.03. The molecule has 1 fully saturated rings. The lowest BCUT2D eigenvalue weighted by Gasteiger charge is -2.20. The molecule has 0 aromatic heterocycles. The Hall–Kier alpha value is -2.73. The fraction of sp³-hybridized carbons (Fsp3) is 0.316. The van der Waals surface area contributed by atoms with Gasteiger partial charge in [-0.25, -0.2) is 0 Å². The van der Waals surface area contributed by atoms with Gasteiger partial charge in [0.25, 0.3) is 0 Å². The first-order valence-electron chi connectivity index (χ1n) is 8.12. The van der Waals surface area contributed by atoms with Crippen LogP contribution in [0.5, 0.6) is 0 Å². The van der Waals surface area contributed by atoms with E-state index in [0.717, 1.165) is 16.7 Å². The SMILES string of the molecule is COC(=O)[C@H]1N[C@@H](c2ccccc2)[C@@H]([N+](=O)[O-])[C@@H]1c1ccccc1C. The van der Waals surface area contributed by atoms with Crippen molar-refractivity contribution in [2.45, 2.75) is 31.0 Å². The summed E-state index contributed by atoms with van der Waals surface area (Å²) < 4.78 is 4.91. The van der Waals surface area contributed by atoms with Crippen LogP contribution >= 0.6 is 0 Å². The van der Waals surface area contributed by atoms with Crippen LogP contribution in [-0.2, 0) is 9.53 Å². The zero-order valence-electron chi connectivity index (χ0n) is 14.1. The lowest BCUT2D eigenvalue weighted by molar-refractivity contribution is -0.527. The molecule has 6 nitrogen and oxygen atoms in total. The van der Waals surface area contributed by atoms with Crippen LogP contribution in [0.2, 0.25) is 0 Å². The predicted molar refractivity (Wildman–Crippen MR) is 92.8 cm³/mol. The maximum absolute atomic E-state index is 12.3. The lowest BCUT2D eigenvalue weighted by atomic mass is 9.83. The van der Waals surface area contributed by atoms with Crippen LogP contribution in [0.15, 0.2) is 54.6 Å². The van der Waals surface area contributed by atoms with Crippen molar-refractivity contribution < 1.29 is 14.5 Å². The number of esters is 1. The monoisotopic (exact) mass is 340 g/mol. The minimum Gasteiger partial charge on any atom is -0.468 e. The van der Waals surface area contributed by atoms with Gasteiger partial charge in [-0.15, -0.1) is 0 Å². The van der Waals surface area contributed by atoms with Crippen LogP contribution in [0.1, 0.15) is 28.7 Å². The number of rotatable bonds is 4. The summed E-state index contributed by atoms with van der Waals surface area (Å²) in [5, 5.41) is 15.1. The minimum absolute atomic E-state index is 0.287. The van der Waals surface area contributed by atoms with Crippen LogP contribution in [-0.4, -0.2) is 30.1 Å². The van der Waals surface area contributed by atoms with E-state index in [9.17, 15) is 14.9 Å². The van der Waals surface area contributed by atoms with Gasteiger partial charge in [0.15, 0.2) is 0 Å². The molecule has 130 valence electrons. The number of nitro groups is 1. The summed E-state index contributed by atoms with van der Waals surface area (Å²) in [5.41, 5.74) is 2.50. The Bertz CT molecular complexity index is 778. The zero-order chi connectivity index (χ0) is 18.0. The zero-order valence-corrected chi connectivity index (χ0v) is 14.1. The van der Waals surface area contributed by atoms with E-state index in [1.807, 2.05) is 61.5 Å². The van der Waals surface area contributed by atoms with Gasteiger partial charge in [0.1, 0.15) is 12.1 Å². The standard InChI is InChI=1S/C19H20N2O4/c1-12-8-6-7-11-14(12)15-17(19(22)25-2)20-16(18(15)21(23)24)13-9-4-3-5-10-13/h3-11,15-18,20H,1-2H3/t15-,16+,17+,18+/m1/s1. The summed E-state index contributed by atoms with van der Waals surface area (Å²) in [6.45, 7) is 1.90. The van der Waals surface area contributed by atoms with Crippen molar-refractivity contribution in [1.29, 1.82) is 0 Å². The molecule has 2 aromatic rings. The van der Waals surface area contributed by atoms with Gasteiger partial charge in [-0.2, -0.15) is 0 Å². The number of benzene rings is 2. The van der Waals surface area contributed by atoms with Gasteiger partial charge >= 0.3 is 5.97 Å². The van der Waals surface area contributed by atoms with Crippen molar-refractivity contribution in [3.8, 4) is 0 Å². The van der Waals surface area contributed by atoms with Gasteiger partial charge in [0.2, 0.25) is 6.04 Å². The first-order valence-corrected chi connectivity index (χ1v) is 8.12. The summed E-state index contributed by atoms with van der Waals surface area (Å²) in [6.07, 6.45) is 0. The highest BCUT2D eigenvalue weighted by Crippen LogP contribution is 2.41. The van der Waals surface area contributed by atoms with Gasteiger partial charge in [0.05, 0.1) is 13.0 Å². The number of hydrogen-bond acceptors (Lipinski definition) is 5. The van der Waals surface area contributed by atoms with Crippen molar-refractivity contribution in [1.82, 2.24) is 5.32 Å². The second-order valence-corrected chi connectivity index (χ2v) is 6.21. The fourth-order valence-corrected chi connectivity index (χ4v) is 3.67. The molecule has 0 aliphatic carbocycles.